The topological polar surface area (TPSA) is 51.9 Å². The summed E-state index contributed by atoms with van der Waals surface area (Å²) in [4.78, 5) is 13.1. The van der Waals surface area contributed by atoms with Crippen molar-refractivity contribution in [2.75, 3.05) is 5.32 Å². The molecule has 0 saturated carbocycles. The molecule has 0 aliphatic carbocycles. The summed E-state index contributed by atoms with van der Waals surface area (Å²) in [6, 6.07) is 17.6. The van der Waals surface area contributed by atoms with Gasteiger partial charge in [-0.25, -0.2) is 9.07 Å². The standard InChI is InChI=1S/C23H21FN4O/c1-15-10-11-20(16(2)13-15)28-22(14-19(26-28)21-9-6-12-27(21)3)23(29)25-18-8-5-4-7-17(18)24/h4-14H,1-3H3,(H,25,29). The highest BCUT2D eigenvalue weighted by Gasteiger charge is 2.20. The van der Waals surface area contributed by atoms with Crippen molar-refractivity contribution in [3.05, 3.63) is 89.5 Å². The Morgan fingerprint density at radius 1 is 1.03 bits per heavy atom. The molecule has 0 bridgehead atoms. The maximum absolute atomic E-state index is 14.0. The summed E-state index contributed by atoms with van der Waals surface area (Å²) in [6.07, 6.45) is 1.92. The molecule has 6 heteroatoms. The van der Waals surface area contributed by atoms with Crippen LogP contribution in [0.2, 0.25) is 0 Å². The van der Waals surface area contributed by atoms with E-state index in [1.807, 2.05) is 62.0 Å². The van der Waals surface area contributed by atoms with Crippen molar-refractivity contribution in [1.82, 2.24) is 14.3 Å². The number of hydrogen-bond donors (Lipinski definition) is 1. The number of rotatable bonds is 4. The molecule has 1 amide bonds. The second-order valence-corrected chi connectivity index (χ2v) is 7.05. The zero-order valence-electron chi connectivity index (χ0n) is 16.5. The Morgan fingerprint density at radius 3 is 2.52 bits per heavy atom. The van der Waals surface area contributed by atoms with Gasteiger partial charge in [0.15, 0.2) is 0 Å². The van der Waals surface area contributed by atoms with E-state index in [0.717, 1.165) is 22.5 Å². The molecule has 5 nitrogen and oxygen atoms in total. The Balaban J connectivity index is 1.83. The van der Waals surface area contributed by atoms with Crippen LogP contribution in [0.4, 0.5) is 10.1 Å². The molecule has 4 rings (SSSR count). The van der Waals surface area contributed by atoms with Crippen molar-refractivity contribution in [3.63, 3.8) is 0 Å². The maximum Gasteiger partial charge on any atom is 0.274 e. The van der Waals surface area contributed by atoms with E-state index < -0.39 is 11.7 Å². The van der Waals surface area contributed by atoms with E-state index in [2.05, 4.69) is 5.32 Å². The largest absolute Gasteiger partial charge is 0.349 e. The number of aryl methyl sites for hydroxylation is 3. The molecule has 0 radical (unpaired) electrons. The molecule has 2 heterocycles. The van der Waals surface area contributed by atoms with E-state index in [-0.39, 0.29) is 5.69 Å². The third kappa shape index (κ3) is 3.57. The van der Waals surface area contributed by atoms with Crippen molar-refractivity contribution in [2.24, 2.45) is 7.05 Å². The monoisotopic (exact) mass is 388 g/mol. The fourth-order valence-corrected chi connectivity index (χ4v) is 3.37. The number of para-hydroxylation sites is 1. The van der Waals surface area contributed by atoms with Crippen molar-refractivity contribution in [2.45, 2.75) is 13.8 Å². The zero-order valence-corrected chi connectivity index (χ0v) is 16.5. The molecule has 0 aliphatic heterocycles. The number of carbonyl (C=O) groups is 1. The number of amides is 1. The first kappa shape index (κ1) is 18.7. The van der Waals surface area contributed by atoms with Crippen molar-refractivity contribution < 1.29 is 9.18 Å². The van der Waals surface area contributed by atoms with Crippen LogP contribution in [-0.4, -0.2) is 20.3 Å². The van der Waals surface area contributed by atoms with Crippen LogP contribution in [-0.2, 0) is 7.05 Å². The van der Waals surface area contributed by atoms with Gasteiger partial charge in [-0.2, -0.15) is 5.10 Å². The number of carbonyl (C=O) groups excluding carboxylic acids is 1. The van der Waals surface area contributed by atoms with Crippen LogP contribution in [0.5, 0.6) is 0 Å². The van der Waals surface area contributed by atoms with Gasteiger partial charge in [-0.05, 0) is 55.8 Å². The van der Waals surface area contributed by atoms with Crippen molar-refractivity contribution >= 4 is 11.6 Å². The Hall–Kier alpha value is -3.67. The van der Waals surface area contributed by atoms with Gasteiger partial charge in [0.25, 0.3) is 5.91 Å². The second kappa shape index (κ2) is 7.39. The average Bonchev–Trinajstić information content (AvgIpc) is 3.30. The van der Waals surface area contributed by atoms with Crippen LogP contribution in [0.1, 0.15) is 21.6 Å². The van der Waals surface area contributed by atoms with Gasteiger partial charge < -0.3 is 9.88 Å². The summed E-state index contributed by atoms with van der Waals surface area (Å²) in [5.74, 6) is -0.913. The van der Waals surface area contributed by atoms with E-state index >= 15 is 0 Å². The normalized spacial score (nSPS) is 10.9. The highest BCUT2D eigenvalue weighted by molar-refractivity contribution is 6.04. The average molecular weight is 388 g/mol. The Bertz CT molecular complexity index is 1210. The zero-order chi connectivity index (χ0) is 20.5. The van der Waals surface area contributed by atoms with E-state index in [1.54, 1.807) is 22.9 Å². The quantitative estimate of drug-likeness (QED) is 0.541. The first-order valence-electron chi connectivity index (χ1n) is 9.29. The van der Waals surface area contributed by atoms with Gasteiger partial charge in [0.05, 0.1) is 17.1 Å². The fourth-order valence-electron chi connectivity index (χ4n) is 3.37. The first-order valence-corrected chi connectivity index (χ1v) is 9.29. The summed E-state index contributed by atoms with van der Waals surface area (Å²) in [6.45, 7) is 3.99. The summed E-state index contributed by atoms with van der Waals surface area (Å²) in [5.41, 5.74) is 4.92. The molecular formula is C23H21FN4O. The molecule has 0 fully saturated rings. The summed E-state index contributed by atoms with van der Waals surface area (Å²) >= 11 is 0. The SMILES string of the molecule is Cc1ccc(-n2nc(-c3cccn3C)cc2C(=O)Nc2ccccc2F)c(C)c1. The smallest absolute Gasteiger partial charge is 0.274 e. The molecule has 2 aromatic carbocycles. The maximum atomic E-state index is 14.0. The highest BCUT2D eigenvalue weighted by atomic mass is 19.1. The molecule has 29 heavy (non-hydrogen) atoms. The predicted molar refractivity (Wildman–Crippen MR) is 112 cm³/mol. The van der Waals surface area contributed by atoms with Crippen LogP contribution in [0.3, 0.4) is 0 Å². The lowest BCUT2D eigenvalue weighted by Crippen LogP contribution is -2.18. The number of benzene rings is 2. The van der Waals surface area contributed by atoms with E-state index in [4.69, 9.17) is 5.10 Å². The highest BCUT2D eigenvalue weighted by Crippen LogP contribution is 2.25. The van der Waals surface area contributed by atoms with Crippen LogP contribution in [0.25, 0.3) is 17.1 Å². The summed E-state index contributed by atoms with van der Waals surface area (Å²) in [7, 11) is 1.92. The van der Waals surface area contributed by atoms with Crippen molar-refractivity contribution in [1.29, 1.82) is 0 Å². The van der Waals surface area contributed by atoms with Gasteiger partial charge in [0, 0.05) is 13.2 Å². The Morgan fingerprint density at radius 2 is 1.83 bits per heavy atom. The Kier molecular flexibility index (Phi) is 4.76. The number of aromatic nitrogens is 3. The van der Waals surface area contributed by atoms with E-state index in [9.17, 15) is 9.18 Å². The molecule has 0 atom stereocenters. The molecule has 0 spiro atoms. The fraction of sp³-hybridized carbons (Fsp3) is 0.130. The van der Waals surface area contributed by atoms with Crippen molar-refractivity contribution in [3.8, 4) is 17.1 Å². The lowest BCUT2D eigenvalue weighted by molar-refractivity contribution is 0.101. The molecule has 146 valence electrons. The number of anilines is 1. The minimum Gasteiger partial charge on any atom is -0.349 e. The second-order valence-electron chi connectivity index (χ2n) is 7.05. The van der Waals surface area contributed by atoms with E-state index in [0.29, 0.717) is 11.4 Å². The number of hydrogen-bond acceptors (Lipinski definition) is 2. The number of nitrogens with zero attached hydrogens (tertiary/aromatic N) is 3. The molecule has 2 aromatic heterocycles. The number of nitrogens with one attached hydrogen (secondary N) is 1. The van der Waals surface area contributed by atoms with Gasteiger partial charge in [0.2, 0.25) is 0 Å². The van der Waals surface area contributed by atoms with E-state index in [1.165, 1.54) is 12.1 Å². The first-order chi connectivity index (χ1) is 13.9. The summed E-state index contributed by atoms with van der Waals surface area (Å²) in [5, 5.41) is 7.36. The minimum absolute atomic E-state index is 0.131. The van der Waals surface area contributed by atoms with Gasteiger partial charge in [-0.1, -0.05) is 29.8 Å². The van der Waals surface area contributed by atoms with Gasteiger partial charge in [-0.3, -0.25) is 4.79 Å². The lowest BCUT2D eigenvalue weighted by atomic mass is 10.1. The number of halogens is 1. The van der Waals surface area contributed by atoms with Gasteiger partial charge >= 0.3 is 0 Å². The molecule has 0 unspecified atom stereocenters. The van der Waals surface area contributed by atoms with Gasteiger partial charge in [0.1, 0.15) is 17.2 Å². The third-order valence-electron chi connectivity index (χ3n) is 4.85. The summed E-state index contributed by atoms with van der Waals surface area (Å²) < 4.78 is 17.6. The predicted octanol–water partition coefficient (Wildman–Crippen LogP) is 4.89. The molecule has 0 saturated heterocycles. The van der Waals surface area contributed by atoms with Crippen LogP contribution in [0, 0.1) is 19.7 Å². The van der Waals surface area contributed by atoms with Gasteiger partial charge in [-0.15, -0.1) is 0 Å². The molecular weight excluding hydrogens is 367 g/mol. The lowest BCUT2D eigenvalue weighted by Gasteiger charge is -2.11. The van der Waals surface area contributed by atoms with Crippen LogP contribution >= 0.6 is 0 Å². The molecule has 1 N–H and O–H groups in total. The third-order valence-corrected chi connectivity index (χ3v) is 4.85. The minimum atomic E-state index is -0.485. The van der Waals surface area contributed by atoms with Crippen LogP contribution < -0.4 is 5.32 Å². The molecule has 0 aliphatic rings. The molecule has 4 aromatic rings. The Labute approximate surface area is 168 Å². The van der Waals surface area contributed by atoms with Crippen LogP contribution in [0.15, 0.2) is 66.9 Å².